The quantitative estimate of drug-likeness (QED) is 0.605. The highest BCUT2D eigenvalue weighted by Crippen LogP contribution is 2.61. The van der Waals surface area contributed by atoms with Crippen molar-refractivity contribution in [3.8, 4) is 11.5 Å². The van der Waals surface area contributed by atoms with Crippen molar-refractivity contribution in [3.05, 3.63) is 35.4 Å². The van der Waals surface area contributed by atoms with Crippen molar-refractivity contribution in [2.75, 3.05) is 6.54 Å². The molecule has 2 heterocycles. The number of phenolic OH excluding ortho intramolecular Hbond substituents is 1. The number of Topliss-reactive ketones (excluding diaryl/α,β-unsaturated/α-hetero) is 1. The number of aliphatic hydroxyl groups is 1. The Balaban J connectivity index is 1.90. The summed E-state index contributed by atoms with van der Waals surface area (Å²) in [5.41, 5.74) is 1.03. The van der Waals surface area contributed by atoms with Crippen molar-refractivity contribution in [2.45, 2.75) is 30.1 Å². The second-order valence-corrected chi connectivity index (χ2v) is 6.36. The molecule has 3 N–H and O–H groups in total. The van der Waals surface area contributed by atoms with Gasteiger partial charge in [-0.2, -0.15) is 0 Å². The Morgan fingerprint density at radius 2 is 2.19 bits per heavy atom. The monoisotopic (exact) mass is 285 g/mol. The Labute approximate surface area is 121 Å². The fourth-order valence-corrected chi connectivity index (χ4v) is 4.80. The van der Waals surface area contributed by atoms with Crippen molar-refractivity contribution < 1.29 is 19.7 Å². The molecule has 5 nitrogen and oxygen atoms in total. The van der Waals surface area contributed by atoms with Crippen LogP contribution in [0.15, 0.2) is 24.3 Å². The highest BCUT2D eigenvalue weighted by Gasteiger charge is 2.65. The van der Waals surface area contributed by atoms with E-state index in [2.05, 4.69) is 5.32 Å². The molecule has 5 rings (SSSR count). The molecule has 108 valence electrons. The maximum atomic E-state index is 12.7. The van der Waals surface area contributed by atoms with E-state index in [9.17, 15) is 15.0 Å². The number of hydrogen-bond donors (Lipinski definition) is 3. The molecule has 1 aromatic carbocycles. The Morgan fingerprint density at radius 1 is 1.33 bits per heavy atom. The van der Waals surface area contributed by atoms with Crippen LogP contribution in [0.2, 0.25) is 0 Å². The molecule has 1 fully saturated rings. The zero-order chi connectivity index (χ0) is 14.4. The zero-order valence-electron chi connectivity index (χ0n) is 11.2. The van der Waals surface area contributed by atoms with E-state index in [0.29, 0.717) is 17.9 Å². The molecule has 0 radical (unpaired) electrons. The molecule has 1 spiro atoms. The lowest BCUT2D eigenvalue weighted by Gasteiger charge is -2.52. The number of phenols is 1. The molecule has 5 heteroatoms. The van der Waals surface area contributed by atoms with E-state index in [0.717, 1.165) is 12.0 Å². The molecule has 5 atom stereocenters. The van der Waals surface area contributed by atoms with E-state index >= 15 is 0 Å². The summed E-state index contributed by atoms with van der Waals surface area (Å²) in [6.07, 6.45) is 3.31. The Morgan fingerprint density at radius 3 is 3.05 bits per heavy atom. The third-order valence-electron chi connectivity index (χ3n) is 5.59. The summed E-state index contributed by atoms with van der Waals surface area (Å²) in [4.78, 5) is 12.7. The Hall–Kier alpha value is -1.85. The van der Waals surface area contributed by atoms with Gasteiger partial charge < -0.3 is 20.3 Å². The number of aromatic hydroxyl groups is 1. The van der Waals surface area contributed by atoms with E-state index in [4.69, 9.17) is 4.74 Å². The van der Waals surface area contributed by atoms with E-state index in [1.165, 1.54) is 6.07 Å². The van der Waals surface area contributed by atoms with Crippen LogP contribution in [0.5, 0.6) is 11.5 Å². The lowest BCUT2D eigenvalue weighted by atomic mass is 9.53. The Kier molecular flexibility index (Phi) is 1.95. The molecule has 0 unspecified atom stereocenters. The molecule has 4 aliphatic rings. The number of benzene rings is 1. The first-order valence-electron chi connectivity index (χ1n) is 7.31. The van der Waals surface area contributed by atoms with Crippen LogP contribution in [0.25, 0.3) is 0 Å². The average molecular weight is 285 g/mol. The fraction of sp³-hybridized carbons (Fsp3) is 0.438. The molecule has 2 aliphatic carbocycles. The number of aliphatic hydroxyl groups excluding tert-OH is 1. The minimum Gasteiger partial charge on any atom is -0.504 e. The standard InChI is InChI=1S/C16H15NO4/c18-9-3-1-7-11-14(9)21-15-10(19)4-2-8-12(13(7)20)17-6-5-16(8,11)15/h1-4,8,10,12,15,17-19H,5-6H2/t8-,10-,12+,15-,16-/m0/s1. The highest BCUT2D eigenvalue weighted by molar-refractivity contribution is 6.05. The molecule has 1 aromatic rings. The SMILES string of the molecule is O=C1c2ccc(O)c3c2[C@]24CCN[C@@H]1[C@@H]2C=C[C@H](O)[C@@H]4O3. The summed E-state index contributed by atoms with van der Waals surface area (Å²) in [6, 6.07) is 2.93. The molecular weight excluding hydrogens is 270 g/mol. The fourth-order valence-electron chi connectivity index (χ4n) is 4.80. The van der Waals surface area contributed by atoms with E-state index in [-0.39, 0.29) is 23.5 Å². The third-order valence-corrected chi connectivity index (χ3v) is 5.59. The first-order chi connectivity index (χ1) is 10.1. The minimum atomic E-state index is -0.715. The van der Waals surface area contributed by atoms with E-state index < -0.39 is 17.6 Å². The van der Waals surface area contributed by atoms with E-state index in [1.54, 1.807) is 12.1 Å². The van der Waals surface area contributed by atoms with Crippen LogP contribution in [0.1, 0.15) is 22.3 Å². The van der Waals surface area contributed by atoms with Crippen LogP contribution in [0, 0.1) is 5.92 Å². The topological polar surface area (TPSA) is 78.8 Å². The molecular formula is C16H15NO4. The van der Waals surface area contributed by atoms with Gasteiger partial charge in [0.2, 0.25) is 0 Å². The zero-order valence-corrected chi connectivity index (χ0v) is 11.2. The molecule has 0 amide bonds. The van der Waals surface area contributed by atoms with E-state index in [1.807, 2.05) is 6.08 Å². The predicted molar refractivity (Wildman–Crippen MR) is 73.6 cm³/mol. The van der Waals surface area contributed by atoms with Gasteiger partial charge in [-0.3, -0.25) is 4.79 Å². The van der Waals surface area contributed by atoms with Gasteiger partial charge in [-0.1, -0.05) is 12.2 Å². The number of ketones is 1. The van der Waals surface area contributed by atoms with Gasteiger partial charge in [0.15, 0.2) is 17.3 Å². The number of carbonyl (C=O) groups is 1. The summed E-state index contributed by atoms with van der Waals surface area (Å²) in [5.74, 6) is 0.465. The average Bonchev–Trinajstić information content (AvgIpc) is 2.82. The molecule has 2 aliphatic heterocycles. The van der Waals surface area contributed by atoms with Crippen LogP contribution in [-0.4, -0.2) is 40.8 Å². The van der Waals surface area contributed by atoms with Crippen molar-refractivity contribution in [3.63, 3.8) is 0 Å². The van der Waals surface area contributed by atoms with Gasteiger partial charge >= 0.3 is 0 Å². The van der Waals surface area contributed by atoms with Crippen LogP contribution in [0.4, 0.5) is 0 Å². The minimum absolute atomic E-state index is 0.0253. The maximum Gasteiger partial charge on any atom is 0.180 e. The van der Waals surface area contributed by atoms with Gasteiger partial charge in [0.25, 0.3) is 0 Å². The smallest absolute Gasteiger partial charge is 0.180 e. The normalized spacial score (nSPS) is 41.7. The van der Waals surface area contributed by atoms with Crippen LogP contribution < -0.4 is 10.1 Å². The summed E-state index contributed by atoms with van der Waals surface area (Å²) in [6.45, 7) is 0.710. The van der Waals surface area contributed by atoms with Crippen LogP contribution >= 0.6 is 0 Å². The first kappa shape index (κ1) is 11.8. The van der Waals surface area contributed by atoms with Crippen molar-refractivity contribution in [2.24, 2.45) is 5.92 Å². The van der Waals surface area contributed by atoms with Crippen molar-refractivity contribution in [1.29, 1.82) is 0 Å². The summed E-state index contributed by atoms with van der Waals surface area (Å²) < 4.78 is 5.94. The van der Waals surface area contributed by atoms with Gasteiger partial charge in [0, 0.05) is 22.5 Å². The predicted octanol–water partition coefficient (Wildman–Crippen LogP) is 0.496. The van der Waals surface area contributed by atoms with Gasteiger partial charge in [0.05, 0.1) is 6.04 Å². The summed E-state index contributed by atoms with van der Waals surface area (Å²) in [7, 11) is 0. The van der Waals surface area contributed by atoms with Gasteiger partial charge in [-0.15, -0.1) is 0 Å². The summed E-state index contributed by atoms with van der Waals surface area (Å²) >= 11 is 0. The van der Waals surface area contributed by atoms with Gasteiger partial charge in [-0.25, -0.2) is 0 Å². The molecule has 0 aromatic heterocycles. The van der Waals surface area contributed by atoms with Crippen molar-refractivity contribution >= 4 is 5.78 Å². The second kappa shape index (κ2) is 3.48. The largest absolute Gasteiger partial charge is 0.504 e. The van der Waals surface area contributed by atoms with Gasteiger partial charge in [-0.05, 0) is 25.1 Å². The lowest BCUT2D eigenvalue weighted by molar-refractivity contribution is -0.0151. The molecule has 2 bridgehead atoms. The number of piperidine rings is 1. The number of ether oxygens (including phenoxy) is 1. The number of nitrogens with one attached hydrogen (secondary N) is 1. The molecule has 21 heavy (non-hydrogen) atoms. The highest BCUT2D eigenvalue weighted by atomic mass is 16.5. The van der Waals surface area contributed by atoms with Crippen LogP contribution in [0.3, 0.4) is 0 Å². The van der Waals surface area contributed by atoms with Gasteiger partial charge in [0.1, 0.15) is 12.2 Å². The summed E-state index contributed by atoms with van der Waals surface area (Å²) in [5, 5.41) is 23.8. The maximum absolute atomic E-state index is 12.7. The lowest BCUT2D eigenvalue weighted by Crippen LogP contribution is -2.66. The molecule has 1 saturated heterocycles. The first-order valence-corrected chi connectivity index (χ1v) is 7.31. The number of hydrogen-bond acceptors (Lipinski definition) is 5. The molecule has 0 saturated carbocycles. The van der Waals surface area contributed by atoms with Crippen molar-refractivity contribution in [1.82, 2.24) is 5.32 Å². The number of carbonyl (C=O) groups excluding carboxylic acids is 1. The Bertz CT molecular complexity index is 712. The third kappa shape index (κ3) is 1.12. The second-order valence-electron chi connectivity index (χ2n) is 6.36. The van der Waals surface area contributed by atoms with Crippen LogP contribution in [-0.2, 0) is 5.41 Å². The number of rotatable bonds is 0.